The molecule has 0 aliphatic carbocycles. The number of likely N-dealkylation sites (tertiary alicyclic amines) is 1. The fourth-order valence-corrected chi connectivity index (χ4v) is 3.04. The third-order valence-electron chi connectivity index (χ3n) is 4.10. The summed E-state index contributed by atoms with van der Waals surface area (Å²) in [6, 6.07) is 0. The maximum atomic E-state index is 10.2. The van der Waals surface area contributed by atoms with Crippen molar-refractivity contribution in [1.29, 1.82) is 0 Å². The van der Waals surface area contributed by atoms with Crippen LogP contribution in [0.3, 0.4) is 0 Å². The van der Waals surface area contributed by atoms with Crippen molar-refractivity contribution in [2.75, 3.05) is 52.4 Å². The van der Waals surface area contributed by atoms with Crippen LogP contribution in [0.2, 0.25) is 0 Å². The quantitative estimate of drug-likeness (QED) is 0.768. The van der Waals surface area contributed by atoms with Crippen LogP contribution in [0.1, 0.15) is 32.1 Å². The third kappa shape index (κ3) is 5.22. The lowest BCUT2D eigenvalue weighted by Gasteiger charge is -2.32. The van der Waals surface area contributed by atoms with E-state index < -0.39 is 0 Å². The van der Waals surface area contributed by atoms with E-state index in [1.807, 2.05) is 0 Å². The summed E-state index contributed by atoms with van der Waals surface area (Å²) in [6.07, 6.45) is 6.56. The van der Waals surface area contributed by atoms with E-state index in [4.69, 9.17) is 0 Å². The van der Waals surface area contributed by atoms with E-state index in [1.165, 1.54) is 45.2 Å². The Morgan fingerprint density at radius 1 is 0.778 bits per heavy atom. The van der Waals surface area contributed by atoms with E-state index in [0.717, 1.165) is 39.3 Å². The molecule has 2 heterocycles. The van der Waals surface area contributed by atoms with Crippen LogP contribution in [0.25, 0.3) is 0 Å². The topological polar surface area (TPSA) is 38.7 Å². The molecule has 4 nitrogen and oxygen atoms in total. The Labute approximate surface area is 111 Å². The van der Waals surface area contributed by atoms with Crippen LogP contribution in [0, 0.1) is 0 Å². The zero-order valence-electron chi connectivity index (χ0n) is 11.6. The van der Waals surface area contributed by atoms with E-state index in [1.54, 1.807) is 0 Å². The van der Waals surface area contributed by atoms with Gasteiger partial charge in [0.25, 0.3) is 0 Å². The minimum atomic E-state index is -0.178. The molecule has 0 spiro atoms. The molecule has 2 fully saturated rings. The highest BCUT2D eigenvalue weighted by Gasteiger charge is 2.17. The van der Waals surface area contributed by atoms with Crippen molar-refractivity contribution >= 4 is 0 Å². The monoisotopic (exact) mass is 255 g/mol. The molecule has 4 heteroatoms. The number of rotatable bonds is 4. The fourth-order valence-electron chi connectivity index (χ4n) is 3.04. The number of aliphatic hydroxyl groups excluding tert-OH is 1. The van der Waals surface area contributed by atoms with Gasteiger partial charge in [0, 0.05) is 39.3 Å². The molecule has 0 aromatic rings. The zero-order chi connectivity index (χ0) is 12.6. The molecule has 2 N–H and O–H groups in total. The minimum Gasteiger partial charge on any atom is -0.390 e. The lowest BCUT2D eigenvalue weighted by molar-refractivity contribution is 0.0667. The first kappa shape index (κ1) is 14.3. The summed E-state index contributed by atoms with van der Waals surface area (Å²) in [6.45, 7) is 8.36. The molecule has 0 amide bonds. The molecule has 2 rings (SSSR count). The van der Waals surface area contributed by atoms with Gasteiger partial charge in [-0.25, -0.2) is 0 Å². The van der Waals surface area contributed by atoms with Gasteiger partial charge in [-0.05, 0) is 25.9 Å². The van der Waals surface area contributed by atoms with Crippen molar-refractivity contribution in [2.24, 2.45) is 0 Å². The molecule has 0 aromatic heterocycles. The second-order valence-electron chi connectivity index (χ2n) is 5.77. The van der Waals surface area contributed by atoms with Gasteiger partial charge in [-0.3, -0.25) is 4.90 Å². The van der Waals surface area contributed by atoms with Crippen LogP contribution < -0.4 is 5.32 Å². The van der Waals surface area contributed by atoms with Gasteiger partial charge in [-0.15, -0.1) is 0 Å². The average Bonchev–Trinajstić information content (AvgIpc) is 2.34. The van der Waals surface area contributed by atoms with E-state index in [2.05, 4.69) is 15.1 Å². The third-order valence-corrected chi connectivity index (χ3v) is 4.10. The lowest BCUT2D eigenvalue weighted by atomic mass is 10.1. The van der Waals surface area contributed by atoms with Crippen LogP contribution in [-0.2, 0) is 0 Å². The Morgan fingerprint density at radius 2 is 1.28 bits per heavy atom. The molecule has 0 radical (unpaired) electrons. The SMILES string of the molecule is OC(CN1CCCCCCC1)CN1CCNCC1. The van der Waals surface area contributed by atoms with Gasteiger partial charge in [0.2, 0.25) is 0 Å². The van der Waals surface area contributed by atoms with Gasteiger partial charge >= 0.3 is 0 Å². The Morgan fingerprint density at radius 3 is 1.89 bits per heavy atom. The van der Waals surface area contributed by atoms with Crippen molar-refractivity contribution in [3.05, 3.63) is 0 Å². The average molecular weight is 255 g/mol. The Hall–Kier alpha value is -0.160. The molecule has 2 aliphatic heterocycles. The summed E-state index contributed by atoms with van der Waals surface area (Å²) < 4.78 is 0. The zero-order valence-corrected chi connectivity index (χ0v) is 11.6. The maximum absolute atomic E-state index is 10.2. The van der Waals surface area contributed by atoms with Crippen LogP contribution in [-0.4, -0.2) is 73.4 Å². The molecule has 2 saturated heterocycles. The molecule has 2 aliphatic rings. The van der Waals surface area contributed by atoms with Crippen molar-refractivity contribution in [3.8, 4) is 0 Å². The first-order chi connectivity index (χ1) is 8.84. The Bertz CT molecular complexity index is 211. The number of piperazine rings is 1. The molecule has 18 heavy (non-hydrogen) atoms. The standard InChI is InChI=1S/C14H29N3O/c18-14(13-17-10-6-15-7-11-17)12-16-8-4-2-1-3-5-9-16/h14-15,18H,1-13H2. The number of hydrogen-bond acceptors (Lipinski definition) is 4. The lowest BCUT2D eigenvalue weighted by Crippen LogP contribution is -2.48. The largest absolute Gasteiger partial charge is 0.390 e. The summed E-state index contributed by atoms with van der Waals surface area (Å²) in [5.41, 5.74) is 0. The fraction of sp³-hybridized carbons (Fsp3) is 1.00. The Balaban J connectivity index is 1.66. The molecule has 0 aromatic carbocycles. The number of nitrogens with zero attached hydrogens (tertiary/aromatic N) is 2. The molecular weight excluding hydrogens is 226 g/mol. The molecule has 1 unspecified atom stereocenters. The summed E-state index contributed by atoms with van der Waals surface area (Å²) in [5, 5.41) is 13.6. The van der Waals surface area contributed by atoms with Crippen molar-refractivity contribution in [2.45, 2.75) is 38.2 Å². The van der Waals surface area contributed by atoms with Crippen LogP contribution >= 0.6 is 0 Å². The maximum Gasteiger partial charge on any atom is 0.0793 e. The second kappa shape index (κ2) is 8.10. The first-order valence-corrected chi connectivity index (χ1v) is 7.68. The second-order valence-corrected chi connectivity index (χ2v) is 5.77. The summed E-state index contributed by atoms with van der Waals surface area (Å²) >= 11 is 0. The summed E-state index contributed by atoms with van der Waals surface area (Å²) in [7, 11) is 0. The predicted octanol–water partition coefficient (Wildman–Crippen LogP) is 0.519. The van der Waals surface area contributed by atoms with Crippen molar-refractivity contribution in [1.82, 2.24) is 15.1 Å². The number of hydrogen-bond donors (Lipinski definition) is 2. The smallest absolute Gasteiger partial charge is 0.0793 e. The van der Waals surface area contributed by atoms with Gasteiger partial charge in [0.1, 0.15) is 0 Å². The predicted molar refractivity (Wildman–Crippen MR) is 74.8 cm³/mol. The van der Waals surface area contributed by atoms with Crippen molar-refractivity contribution in [3.63, 3.8) is 0 Å². The van der Waals surface area contributed by atoms with Crippen LogP contribution in [0.15, 0.2) is 0 Å². The van der Waals surface area contributed by atoms with Crippen LogP contribution in [0.4, 0.5) is 0 Å². The number of aliphatic hydroxyl groups is 1. The summed E-state index contributed by atoms with van der Waals surface area (Å²) in [5.74, 6) is 0. The summed E-state index contributed by atoms with van der Waals surface area (Å²) in [4.78, 5) is 4.84. The molecular formula is C14H29N3O. The van der Waals surface area contributed by atoms with Gasteiger partial charge in [-0.2, -0.15) is 0 Å². The molecule has 0 saturated carbocycles. The minimum absolute atomic E-state index is 0.178. The number of nitrogens with one attached hydrogen (secondary N) is 1. The van der Waals surface area contributed by atoms with Gasteiger partial charge in [0.15, 0.2) is 0 Å². The molecule has 1 atom stereocenters. The highest BCUT2D eigenvalue weighted by atomic mass is 16.3. The van der Waals surface area contributed by atoms with Gasteiger partial charge in [-0.1, -0.05) is 19.3 Å². The Kier molecular flexibility index (Phi) is 6.41. The number of β-amino-alcohol motifs (C(OH)–C–C–N with tert-alkyl or cyclic N) is 1. The van der Waals surface area contributed by atoms with E-state index in [-0.39, 0.29) is 6.10 Å². The first-order valence-electron chi connectivity index (χ1n) is 7.68. The highest BCUT2D eigenvalue weighted by Crippen LogP contribution is 2.11. The normalized spacial score (nSPS) is 26.5. The van der Waals surface area contributed by atoms with Gasteiger partial charge in [0.05, 0.1) is 6.10 Å². The highest BCUT2D eigenvalue weighted by molar-refractivity contribution is 4.74. The molecule has 106 valence electrons. The van der Waals surface area contributed by atoms with Crippen LogP contribution in [0.5, 0.6) is 0 Å². The van der Waals surface area contributed by atoms with Crippen molar-refractivity contribution < 1.29 is 5.11 Å². The van der Waals surface area contributed by atoms with Gasteiger partial charge < -0.3 is 15.3 Å². The molecule has 0 bridgehead atoms. The van der Waals surface area contributed by atoms with E-state index >= 15 is 0 Å². The van der Waals surface area contributed by atoms with E-state index in [0.29, 0.717) is 0 Å². The van der Waals surface area contributed by atoms with E-state index in [9.17, 15) is 5.11 Å².